The van der Waals surface area contributed by atoms with Gasteiger partial charge in [0.2, 0.25) is 0 Å². The van der Waals surface area contributed by atoms with E-state index in [0.29, 0.717) is 18.4 Å². The lowest BCUT2D eigenvalue weighted by molar-refractivity contribution is 0.0994. The molecule has 1 aromatic heterocycles. The van der Waals surface area contributed by atoms with Crippen LogP contribution in [0.2, 0.25) is 0 Å². The molecule has 16 heavy (non-hydrogen) atoms. The third-order valence-corrected chi connectivity index (χ3v) is 3.16. The van der Waals surface area contributed by atoms with Gasteiger partial charge in [0.15, 0.2) is 0 Å². The van der Waals surface area contributed by atoms with Crippen molar-refractivity contribution in [3.8, 4) is 0 Å². The summed E-state index contributed by atoms with van der Waals surface area (Å²) >= 11 is -2.28. The van der Waals surface area contributed by atoms with Crippen molar-refractivity contribution in [2.75, 3.05) is 0 Å². The molecular formula is C10H13N2O3S-. The number of nitrogens with two attached hydrogens (primary N) is 1. The lowest BCUT2D eigenvalue weighted by atomic mass is 10.1. The first kappa shape index (κ1) is 12.8. The molecule has 0 saturated carbocycles. The summed E-state index contributed by atoms with van der Waals surface area (Å²) in [6.07, 6.45) is 2.56. The van der Waals surface area contributed by atoms with E-state index in [4.69, 9.17) is 5.73 Å². The quantitative estimate of drug-likeness (QED) is 0.774. The number of hydrogen-bond acceptors (Lipinski definition) is 4. The Hall–Kier alpha value is -1.27. The van der Waals surface area contributed by atoms with Gasteiger partial charge < -0.3 is 10.3 Å². The molecule has 1 aromatic rings. The molecule has 88 valence electrons. The van der Waals surface area contributed by atoms with E-state index in [1.165, 1.54) is 6.20 Å². The number of nitrogens with zero attached hydrogens (tertiary/aromatic N) is 1. The second-order valence-corrected chi connectivity index (χ2v) is 4.43. The zero-order chi connectivity index (χ0) is 12.1. The van der Waals surface area contributed by atoms with Crippen LogP contribution >= 0.6 is 0 Å². The van der Waals surface area contributed by atoms with Gasteiger partial charge >= 0.3 is 0 Å². The molecule has 0 saturated heterocycles. The predicted molar refractivity (Wildman–Crippen MR) is 59.3 cm³/mol. The fourth-order valence-electron chi connectivity index (χ4n) is 1.50. The zero-order valence-electron chi connectivity index (χ0n) is 8.88. The summed E-state index contributed by atoms with van der Waals surface area (Å²) < 4.78 is 22.2. The van der Waals surface area contributed by atoms with Crippen LogP contribution in [0.15, 0.2) is 18.3 Å². The Morgan fingerprint density at radius 2 is 2.38 bits per heavy atom. The topological polar surface area (TPSA) is 96.1 Å². The summed E-state index contributed by atoms with van der Waals surface area (Å²) in [7, 11) is 0. The minimum absolute atomic E-state index is 0.0325. The summed E-state index contributed by atoms with van der Waals surface area (Å²) in [5, 5.41) is -0.721. The van der Waals surface area contributed by atoms with E-state index in [0.717, 1.165) is 0 Å². The highest BCUT2D eigenvalue weighted by Crippen LogP contribution is 2.25. The van der Waals surface area contributed by atoms with Gasteiger partial charge in [0.1, 0.15) is 5.69 Å². The van der Waals surface area contributed by atoms with Gasteiger partial charge in [-0.25, -0.2) is 0 Å². The Kier molecular flexibility index (Phi) is 4.57. The molecule has 0 spiro atoms. The molecule has 1 rings (SSSR count). The second kappa shape index (κ2) is 5.72. The van der Waals surface area contributed by atoms with Crippen LogP contribution in [0.5, 0.6) is 0 Å². The molecule has 2 atom stereocenters. The van der Waals surface area contributed by atoms with Crippen molar-refractivity contribution in [2.24, 2.45) is 5.73 Å². The van der Waals surface area contributed by atoms with E-state index >= 15 is 0 Å². The third-order valence-electron chi connectivity index (χ3n) is 2.20. The van der Waals surface area contributed by atoms with E-state index in [2.05, 4.69) is 4.98 Å². The molecule has 2 unspecified atom stereocenters. The molecule has 0 bridgehead atoms. The van der Waals surface area contributed by atoms with Crippen molar-refractivity contribution >= 4 is 17.0 Å². The first-order valence-electron chi connectivity index (χ1n) is 4.90. The lowest BCUT2D eigenvalue weighted by Crippen LogP contribution is -2.19. The van der Waals surface area contributed by atoms with Crippen molar-refractivity contribution in [2.45, 2.75) is 25.0 Å². The molecule has 0 radical (unpaired) electrons. The monoisotopic (exact) mass is 241 g/mol. The molecule has 1 heterocycles. The standard InChI is InChI=1S/C10H14N2O3S/c1-2-4-8(16(14)15)7-5-3-6-12-9(7)10(11)13/h3,5-6,8H,2,4H2,1H3,(H2,11,13)(H,14,15)/p-1. The zero-order valence-corrected chi connectivity index (χ0v) is 9.70. The molecule has 0 aliphatic heterocycles. The molecule has 6 heteroatoms. The normalized spacial score (nSPS) is 14.4. The Morgan fingerprint density at radius 1 is 1.69 bits per heavy atom. The molecule has 0 aromatic carbocycles. The Bertz CT molecular complexity index is 409. The number of pyridine rings is 1. The maximum absolute atomic E-state index is 11.1. The maximum Gasteiger partial charge on any atom is 0.267 e. The van der Waals surface area contributed by atoms with Gasteiger partial charge in [0, 0.05) is 11.4 Å². The van der Waals surface area contributed by atoms with Gasteiger partial charge in [-0.05, 0) is 29.1 Å². The van der Waals surface area contributed by atoms with E-state index in [1.807, 2.05) is 6.92 Å². The molecule has 0 aliphatic carbocycles. The highest BCUT2D eigenvalue weighted by molar-refractivity contribution is 7.79. The van der Waals surface area contributed by atoms with Crippen LogP contribution in [-0.4, -0.2) is 19.7 Å². The molecule has 0 aliphatic rings. The van der Waals surface area contributed by atoms with Crippen molar-refractivity contribution in [3.63, 3.8) is 0 Å². The van der Waals surface area contributed by atoms with Gasteiger partial charge in [-0.1, -0.05) is 19.4 Å². The van der Waals surface area contributed by atoms with E-state index in [1.54, 1.807) is 12.1 Å². The molecule has 1 amide bonds. The number of primary amides is 1. The van der Waals surface area contributed by atoms with Crippen LogP contribution in [0.3, 0.4) is 0 Å². The molecular weight excluding hydrogens is 228 g/mol. The van der Waals surface area contributed by atoms with Crippen molar-refractivity contribution < 1.29 is 13.6 Å². The lowest BCUT2D eigenvalue weighted by Gasteiger charge is -2.20. The van der Waals surface area contributed by atoms with Gasteiger partial charge in [-0.15, -0.1) is 0 Å². The summed E-state index contributed by atoms with van der Waals surface area (Å²) in [5.74, 6) is -0.706. The molecule has 0 fully saturated rings. The van der Waals surface area contributed by atoms with Crippen LogP contribution < -0.4 is 5.73 Å². The van der Waals surface area contributed by atoms with Crippen LogP contribution in [0.1, 0.15) is 41.1 Å². The highest BCUT2D eigenvalue weighted by atomic mass is 32.2. The number of carbonyl (C=O) groups is 1. The van der Waals surface area contributed by atoms with Gasteiger partial charge in [0.05, 0.1) is 0 Å². The summed E-state index contributed by atoms with van der Waals surface area (Å²) in [4.78, 5) is 14.9. The number of aromatic nitrogens is 1. The van der Waals surface area contributed by atoms with Crippen molar-refractivity contribution in [3.05, 3.63) is 29.6 Å². The van der Waals surface area contributed by atoms with Crippen LogP contribution in [0, 0.1) is 0 Å². The van der Waals surface area contributed by atoms with Gasteiger partial charge in [0.25, 0.3) is 5.91 Å². The van der Waals surface area contributed by atoms with Crippen molar-refractivity contribution in [1.82, 2.24) is 4.98 Å². The highest BCUT2D eigenvalue weighted by Gasteiger charge is 2.18. The predicted octanol–water partition coefficient (Wildman–Crippen LogP) is 0.901. The van der Waals surface area contributed by atoms with Crippen molar-refractivity contribution in [1.29, 1.82) is 0 Å². The van der Waals surface area contributed by atoms with Crippen LogP contribution in [-0.2, 0) is 11.1 Å². The van der Waals surface area contributed by atoms with E-state index < -0.39 is 22.2 Å². The molecule has 5 nitrogen and oxygen atoms in total. The SMILES string of the molecule is CCCC(c1cccnc1C(N)=O)S(=O)[O-]. The average Bonchev–Trinajstić information content (AvgIpc) is 2.25. The average molecular weight is 241 g/mol. The third kappa shape index (κ3) is 2.86. The van der Waals surface area contributed by atoms with Gasteiger partial charge in [-0.3, -0.25) is 14.0 Å². The summed E-state index contributed by atoms with van der Waals surface area (Å²) in [6, 6.07) is 3.17. The Morgan fingerprint density at radius 3 is 2.88 bits per heavy atom. The smallest absolute Gasteiger partial charge is 0.267 e. The van der Waals surface area contributed by atoms with Gasteiger partial charge in [-0.2, -0.15) is 0 Å². The largest absolute Gasteiger partial charge is 0.772 e. The molecule has 2 N–H and O–H groups in total. The van der Waals surface area contributed by atoms with Crippen LogP contribution in [0.4, 0.5) is 0 Å². The fourth-order valence-corrected chi connectivity index (χ4v) is 2.33. The van der Waals surface area contributed by atoms with E-state index in [9.17, 15) is 13.6 Å². The Labute approximate surface area is 96.4 Å². The first-order valence-corrected chi connectivity index (χ1v) is 6.04. The summed E-state index contributed by atoms with van der Waals surface area (Å²) in [5.41, 5.74) is 5.56. The number of amides is 1. The van der Waals surface area contributed by atoms with E-state index in [-0.39, 0.29) is 5.69 Å². The Balaban J connectivity index is 3.17. The van der Waals surface area contributed by atoms with Crippen LogP contribution in [0.25, 0.3) is 0 Å². The maximum atomic E-state index is 11.1. The second-order valence-electron chi connectivity index (χ2n) is 3.34. The number of hydrogen-bond donors (Lipinski definition) is 1. The number of carbonyl (C=O) groups excluding carboxylic acids is 1. The fraction of sp³-hybridized carbons (Fsp3) is 0.400. The minimum atomic E-state index is -2.28. The summed E-state index contributed by atoms with van der Waals surface area (Å²) in [6.45, 7) is 1.88. The first-order chi connectivity index (χ1) is 7.57. The number of rotatable bonds is 5. The minimum Gasteiger partial charge on any atom is -0.772 e.